The van der Waals surface area contributed by atoms with Crippen LogP contribution >= 0.6 is 0 Å². The number of para-hydroxylation sites is 1. The number of ketones is 1. The first kappa shape index (κ1) is 13.9. The molecule has 1 spiro atoms. The van der Waals surface area contributed by atoms with Crippen LogP contribution in [0, 0.1) is 0 Å². The Kier molecular flexibility index (Phi) is 3.15. The molecule has 0 amide bonds. The van der Waals surface area contributed by atoms with Crippen molar-refractivity contribution < 1.29 is 14.3 Å². The van der Waals surface area contributed by atoms with Gasteiger partial charge in [0.2, 0.25) is 0 Å². The predicted octanol–water partition coefficient (Wildman–Crippen LogP) is 3.26. The van der Waals surface area contributed by atoms with Crippen LogP contribution in [-0.4, -0.2) is 31.6 Å². The molecule has 2 aliphatic heterocycles. The molecule has 116 valence electrons. The zero-order valence-electron chi connectivity index (χ0n) is 12.7. The van der Waals surface area contributed by atoms with Gasteiger partial charge in [0.1, 0.15) is 18.1 Å². The molecule has 0 fully saturated rings. The summed E-state index contributed by atoms with van der Waals surface area (Å²) in [5, 5.41) is 8.50. The van der Waals surface area contributed by atoms with Gasteiger partial charge in [0, 0.05) is 5.92 Å². The summed E-state index contributed by atoms with van der Waals surface area (Å²) in [5.41, 5.74) is 0.647. The molecule has 2 atom stereocenters. The summed E-state index contributed by atoms with van der Waals surface area (Å²) in [4.78, 5) is 13.1. The SMILES string of the molecule is COc1ccc([C@H]2CN=N[C@@]23COc2ccccc2C3=O)cc1. The highest BCUT2D eigenvalue weighted by Gasteiger charge is 2.53. The Morgan fingerprint density at radius 2 is 1.96 bits per heavy atom. The van der Waals surface area contributed by atoms with Crippen LogP contribution in [0.2, 0.25) is 0 Å². The molecule has 2 heterocycles. The third-order valence-corrected chi connectivity index (χ3v) is 4.58. The number of benzene rings is 2. The summed E-state index contributed by atoms with van der Waals surface area (Å²) in [6.45, 7) is 0.715. The number of azo groups is 1. The van der Waals surface area contributed by atoms with E-state index in [1.54, 1.807) is 13.2 Å². The Hall–Kier alpha value is -2.69. The van der Waals surface area contributed by atoms with Crippen LogP contribution in [0.25, 0.3) is 0 Å². The fraction of sp³-hybridized carbons (Fsp3) is 0.278. The van der Waals surface area contributed by atoms with Crippen molar-refractivity contribution in [3.05, 3.63) is 59.7 Å². The van der Waals surface area contributed by atoms with E-state index in [0.29, 0.717) is 17.9 Å². The minimum atomic E-state index is -0.955. The maximum atomic E-state index is 13.1. The fourth-order valence-corrected chi connectivity index (χ4v) is 3.29. The van der Waals surface area contributed by atoms with E-state index in [1.165, 1.54) is 0 Å². The van der Waals surface area contributed by atoms with Gasteiger partial charge in [-0.3, -0.25) is 4.79 Å². The highest BCUT2D eigenvalue weighted by molar-refractivity contribution is 6.07. The number of Topliss-reactive ketones (excluding diaryl/α,β-unsaturated/α-hetero) is 1. The first-order valence-corrected chi connectivity index (χ1v) is 7.54. The second-order valence-corrected chi connectivity index (χ2v) is 5.79. The van der Waals surface area contributed by atoms with Gasteiger partial charge in [-0.2, -0.15) is 10.2 Å². The van der Waals surface area contributed by atoms with Crippen LogP contribution in [0.1, 0.15) is 21.8 Å². The van der Waals surface area contributed by atoms with Gasteiger partial charge in [0.15, 0.2) is 11.3 Å². The van der Waals surface area contributed by atoms with Gasteiger partial charge in [0.25, 0.3) is 0 Å². The van der Waals surface area contributed by atoms with E-state index in [9.17, 15) is 4.79 Å². The maximum absolute atomic E-state index is 13.1. The maximum Gasteiger partial charge on any atom is 0.200 e. The van der Waals surface area contributed by atoms with Crippen LogP contribution in [0.4, 0.5) is 0 Å². The average molecular weight is 308 g/mol. The van der Waals surface area contributed by atoms with Crippen molar-refractivity contribution in [2.75, 3.05) is 20.3 Å². The lowest BCUT2D eigenvalue weighted by atomic mass is 9.75. The van der Waals surface area contributed by atoms with E-state index in [0.717, 1.165) is 11.3 Å². The normalized spacial score (nSPS) is 25.3. The van der Waals surface area contributed by atoms with Crippen LogP contribution in [0.5, 0.6) is 11.5 Å². The monoisotopic (exact) mass is 308 g/mol. The van der Waals surface area contributed by atoms with Gasteiger partial charge >= 0.3 is 0 Å². The van der Waals surface area contributed by atoms with Crippen molar-refractivity contribution in [3.63, 3.8) is 0 Å². The van der Waals surface area contributed by atoms with Crippen molar-refractivity contribution >= 4 is 5.78 Å². The first-order chi connectivity index (χ1) is 11.2. The fourth-order valence-electron chi connectivity index (χ4n) is 3.29. The number of nitrogens with zero attached hydrogens (tertiary/aromatic N) is 2. The van der Waals surface area contributed by atoms with Crippen molar-refractivity contribution in [1.82, 2.24) is 0 Å². The van der Waals surface area contributed by atoms with Crippen molar-refractivity contribution in [2.45, 2.75) is 11.5 Å². The number of rotatable bonds is 2. The highest BCUT2D eigenvalue weighted by Crippen LogP contribution is 2.44. The zero-order chi connectivity index (χ0) is 15.9. The Balaban J connectivity index is 1.74. The number of hydrogen-bond acceptors (Lipinski definition) is 5. The van der Waals surface area contributed by atoms with Crippen molar-refractivity contribution in [1.29, 1.82) is 0 Å². The smallest absolute Gasteiger partial charge is 0.200 e. The standard InChI is InChI=1S/C18H16N2O3/c1-22-13-8-6-12(7-9-13)15-10-19-20-18(15)11-23-16-5-3-2-4-14(16)17(18)21/h2-9,15H,10-11H2,1H3/t15-,18+/m1/s1. The molecule has 0 saturated carbocycles. The number of ether oxygens (including phenoxy) is 2. The number of fused-ring (bicyclic) bond motifs is 1. The molecule has 0 aliphatic carbocycles. The van der Waals surface area contributed by atoms with Gasteiger partial charge in [0.05, 0.1) is 19.2 Å². The summed E-state index contributed by atoms with van der Waals surface area (Å²) in [7, 11) is 1.63. The molecule has 5 nitrogen and oxygen atoms in total. The van der Waals surface area contributed by atoms with Gasteiger partial charge in [-0.05, 0) is 29.8 Å². The van der Waals surface area contributed by atoms with Gasteiger partial charge in [-0.25, -0.2) is 0 Å². The van der Waals surface area contributed by atoms with Gasteiger partial charge in [-0.15, -0.1) is 0 Å². The zero-order valence-corrected chi connectivity index (χ0v) is 12.7. The van der Waals surface area contributed by atoms with Gasteiger partial charge < -0.3 is 9.47 Å². The van der Waals surface area contributed by atoms with Crippen molar-refractivity contribution in [3.8, 4) is 11.5 Å². The third kappa shape index (κ3) is 2.04. The summed E-state index contributed by atoms with van der Waals surface area (Å²) in [6.07, 6.45) is 0. The second kappa shape index (κ2) is 5.19. The highest BCUT2D eigenvalue weighted by atomic mass is 16.5. The van der Waals surface area contributed by atoms with Crippen LogP contribution < -0.4 is 9.47 Å². The van der Waals surface area contributed by atoms with Gasteiger partial charge in [-0.1, -0.05) is 24.3 Å². The molecule has 0 N–H and O–H groups in total. The molecule has 4 rings (SSSR count). The van der Waals surface area contributed by atoms with E-state index >= 15 is 0 Å². The summed E-state index contributed by atoms with van der Waals surface area (Å²) >= 11 is 0. The van der Waals surface area contributed by atoms with E-state index in [4.69, 9.17) is 9.47 Å². The largest absolute Gasteiger partial charge is 0.497 e. The second-order valence-electron chi connectivity index (χ2n) is 5.79. The minimum absolute atomic E-state index is 0.0126. The Morgan fingerprint density at radius 1 is 1.17 bits per heavy atom. The average Bonchev–Trinajstić information content (AvgIpc) is 3.03. The lowest BCUT2D eigenvalue weighted by Crippen LogP contribution is -2.49. The molecule has 2 aromatic carbocycles. The summed E-state index contributed by atoms with van der Waals surface area (Å²) in [6, 6.07) is 15.0. The molecular weight excluding hydrogens is 292 g/mol. The quantitative estimate of drug-likeness (QED) is 0.855. The first-order valence-electron chi connectivity index (χ1n) is 7.54. The molecule has 2 aromatic rings. The van der Waals surface area contributed by atoms with Crippen LogP contribution in [-0.2, 0) is 0 Å². The van der Waals surface area contributed by atoms with E-state index in [-0.39, 0.29) is 18.3 Å². The lowest BCUT2D eigenvalue weighted by molar-refractivity contribution is 0.0759. The number of methoxy groups -OCH3 is 1. The molecular formula is C18H16N2O3. The number of hydrogen-bond donors (Lipinski definition) is 0. The minimum Gasteiger partial charge on any atom is -0.497 e. The predicted molar refractivity (Wildman–Crippen MR) is 84.5 cm³/mol. The third-order valence-electron chi connectivity index (χ3n) is 4.58. The molecule has 0 unspecified atom stereocenters. The van der Waals surface area contributed by atoms with Crippen LogP contribution in [0.15, 0.2) is 58.8 Å². The molecule has 0 aromatic heterocycles. The molecule has 5 heteroatoms. The molecule has 0 bridgehead atoms. The van der Waals surface area contributed by atoms with E-state index in [2.05, 4.69) is 10.2 Å². The summed E-state index contributed by atoms with van der Waals surface area (Å²) < 4.78 is 11.0. The van der Waals surface area contributed by atoms with Crippen LogP contribution in [0.3, 0.4) is 0 Å². The van der Waals surface area contributed by atoms with E-state index in [1.807, 2.05) is 42.5 Å². The molecule has 0 saturated heterocycles. The number of carbonyl (C=O) groups is 1. The summed E-state index contributed by atoms with van der Waals surface area (Å²) in [5.74, 6) is 1.28. The lowest BCUT2D eigenvalue weighted by Gasteiger charge is -2.34. The molecule has 23 heavy (non-hydrogen) atoms. The number of carbonyl (C=O) groups excluding carboxylic acids is 1. The topological polar surface area (TPSA) is 60.3 Å². The Morgan fingerprint density at radius 3 is 2.74 bits per heavy atom. The molecule has 2 aliphatic rings. The molecule has 0 radical (unpaired) electrons. The van der Waals surface area contributed by atoms with E-state index < -0.39 is 5.54 Å². The van der Waals surface area contributed by atoms with Crippen molar-refractivity contribution in [2.24, 2.45) is 10.2 Å². The Labute approximate surface area is 134 Å². The Bertz CT molecular complexity index is 785.